The molecule has 86 valence electrons. The summed E-state index contributed by atoms with van der Waals surface area (Å²) in [6.07, 6.45) is -2.63. The van der Waals surface area contributed by atoms with Gasteiger partial charge in [0.25, 0.3) is 6.43 Å². The normalized spacial score (nSPS) is 16.6. The summed E-state index contributed by atoms with van der Waals surface area (Å²) in [4.78, 5) is 23.8. The molecule has 1 fully saturated rings. The Balaban J connectivity index is 2.34. The number of carbonyl (C=O) groups is 2. The summed E-state index contributed by atoms with van der Waals surface area (Å²) >= 11 is 0. The van der Waals surface area contributed by atoms with Crippen molar-refractivity contribution in [2.24, 2.45) is 0 Å². The van der Waals surface area contributed by atoms with Crippen LogP contribution in [0.1, 0.15) is 0 Å². The molecule has 1 rings (SSSR count). The van der Waals surface area contributed by atoms with Crippen molar-refractivity contribution in [2.45, 2.75) is 6.43 Å². The van der Waals surface area contributed by atoms with Gasteiger partial charge in [0.15, 0.2) is 0 Å². The minimum absolute atomic E-state index is 0.431. The van der Waals surface area contributed by atoms with Crippen LogP contribution in [0.4, 0.5) is 8.78 Å². The van der Waals surface area contributed by atoms with Gasteiger partial charge in [0.05, 0.1) is 6.54 Å². The number of nitrogens with zero attached hydrogens (tertiary/aromatic N) is 1. The molecule has 0 aliphatic carbocycles. The summed E-state index contributed by atoms with van der Waals surface area (Å²) < 4.78 is 23.5. The molecule has 7 heteroatoms. The molecule has 0 aromatic carbocycles. The van der Waals surface area contributed by atoms with Crippen molar-refractivity contribution in [3.8, 4) is 0 Å². The van der Waals surface area contributed by atoms with E-state index in [1.165, 1.54) is 4.90 Å². The highest BCUT2D eigenvalue weighted by Gasteiger charge is 2.23. The molecule has 15 heavy (non-hydrogen) atoms. The monoisotopic (exact) mass is 221 g/mol. The molecule has 0 aromatic heterocycles. The summed E-state index contributed by atoms with van der Waals surface area (Å²) in [5, 5.41) is 4.89. The lowest BCUT2D eigenvalue weighted by Gasteiger charge is -2.26. The van der Waals surface area contributed by atoms with Crippen LogP contribution in [0.25, 0.3) is 0 Å². The maximum absolute atomic E-state index is 11.8. The highest BCUT2D eigenvalue weighted by atomic mass is 19.3. The molecule has 1 aliphatic heterocycles. The fraction of sp³-hybridized carbons (Fsp3) is 0.750. The van der Waals surface area contributed by atoms with Crippen LogP contribution in [0.5, 0.6) is 0 Å². The van der Waals surface area contributed by atoms with Gasteiger partial charge in [-0.05, 0) is 0 Å². The second kappa shape index (κ2) is 5.59. The van der Waals surface area contributed by atoms with E-state index in [0.29, 0.717) is 26.2 Å². The minimum atomic E-state index is -2.63. The molecule has 2 N–H and O–H groups in total. The van der Waals surface area contributed by atoms with Crippen molar-refractivity contribution in [1.29, 1.82) is 0 Å². The van der Waals surface area contributed by atoms with Gasteiger partial charge in [0, 0.05) is 26.2 Å². The molecule has 1 aliphatic rings. The Labute approximate surface area is 85.8 Å². The predicted octanol–water partition coefficient (Wildman–Crippen LogP) is -1.20. The van der Waals surface area contributed by atoms with Crippen molar-refractivity contribution >= 4 is 11.8 Å². The van der Waals surface area contributed by atoms with Crippen molar-refractivity contribution in [2.75, 3.05) is 32.7 Å². The first kappa shape index (κ1) is 11.8. The van der Waals surface area contributed by atoms with E-state index in [1.807, 2.05) is 5.32 Å². The number of piperazine rings is 1. The van der Waals surface area contributed by atoms with Crippen LogP contribution in [-0.4, -0.2) is 55.9 Å². The summed E-state index contributed by atoms with van der Waals surface area (Å²) in [7, 11) is 0. The number of amides is 2. The third-order valence-electron chi connectivity index (χ3n) is 2.02. The molecule has 5 nitrogen and oxygen atoms in total. The van der Waals surface area contributed by atoms with E-state index in [1.54, 1.807) is 0 Å². The fourth-order valence-corrected chi connectivity index (χ4v) is 1.26. The smallest absolute Gasteiger partial charge is 0.311 e. The lowest BCUT2D eigenvalue weighted by molar-refractivity contribution is -0.146. The maximum Gasteiger partial charge on any atom is 0.311 e. The fourth-order valence-electron chi connectivity index (χ4n) is 1.26. The predicted molar refractivity (Wildman–Crippen MR) is 48.5 cm³/mol. The number of alkyl halides is 2. The number of hydrogen-bond acceptors (Lipinski definition) is 3. The zero-order valence-corrected chi connectivity index (χ0v) is 8.13. The third-order valence-corrected chi connectivity index (χ3v) is 2.02. The van der Waals surface area contributed by atoms with E-state index >= 15 is 0 Å². The standard InChI is InChI=1S/C8H13F2N3O2/c9-6(10)5-12-7(14)8(15)13-3-1-11-2-4-13/h6,11H,1-5H2,(H,12,14). The molecular formula is C8H13F2N3O2. The van der Waals surface area contributed by atoms with E-state index in [-0.39, 0.29) is 0 Å². The second-order valence-electron chi connectivity index (χ2n) is 3.14. The van der Waals surface area contributed by atoms with E-state index in [0.717, 1.165) is 0 Å². The zero-order chi connectivity index (χ0) is 11.3. The van der Waals surface area contributed by atoms with E-state index in [4.69, 9.17) is 0 Å². The first-order valence-electron chi connectivity index (χ1n) is 4.67. The lowest BCUT2D eigenvalue weighted by Crippen LogP contribution is -2.51. The maximum atomic E-state index is 11.8. The zero-order valence-electron chi connectivity index (χ0n) is 8.13. The second-order valence-corrected chi connectivity index (χ2v) is 3.14. The van der Waals surface area contributed by atoms with E-state index in [9.17, 15) is 18.4 Å². The number of carbonyl (C=O) groups excluding carboxylic acids is 2. The van der Waals surface area contributed by atoms with Gasteiger partial charge in [-0.15, -0.1) is 0 Å². The largest absolute Gasteiger partial charge is 0.342 e. The molecule has 2 amide bonds. The van der Waals surface area contributed by atoms with Gasteiger partial charge in [-0.2, -0.15) is 0 Å². The summed E-state index contributed by atoms with van der Waals surface area (Å²) in [6.45, 7) is 1.32. The van der Waals surface area contributed by atoms with Gasteiger partial charge < -0.3 is 15.5 Å². The lowest BCUT2D eigenvalue weighted by atomic mass is 10.3. The SMILES string of the molecule is O=C(NCC(F)F)C(=O)N1CCNCC1. The van der Waals surface area contributed by atoms with Crippen molar-refractivity contribution in [3.05, 3.63) is 0 Å². The van der Waals surface area contributed by atoms with Gasteiger partial charge in [-0.3, -0.25) is 9.59 Å². The van der Waals surface area contributed by atoms with Crippen LogP contribution >= 0.6 is 0 Å². The Hall–Kier alpha value is -1.24. The van der Waals surface area contributed by atoms with Gasteiger partial charge in [0.2, 0.25) is 0 Å². The van der Waals surface area contributed by atoms with Crippen molar-refractivity contribution < 1.29 is 18.4 Å². The van der Waals surface area contributed by atoms with Crippen LogP contribution in [-0.2, 0) is 9.59 Å². The van der Waals surface area contributed by atoms with Crippen LogP contribution < -0.4 is 10.6 Å². The van der Waals surface area contributed by atoms with Crippen molar-refractivity contribution in [1.82, 2.24) is 15.5 Å². The molecule has 1 saturated heterocycles. The van der Waals surface area contributed by atoms with E-state index in [2.05, 4.69) is 5.32 Å². The molecule has 0 atom stereocenters. The third kappa shape index (κ3) is 3.78. The van der Waals surface area contributed by atoms with Crippen LogP contribution in [0, 0.1) is 0 Å². The quantitative estimate of drug-likeness (QED) is 0.576. The number of rotatable bonds is 2. The first-order chi connectivity index (χ1) is 7.11. The van der Waals surface area contributed by atoms with Crippen LogP contribution in [0.2, 0.25) is 0 Å². The summed E-state index contributed by atoms with van der Waals surface area (Å²) in [5.41, 5.74) is 0. The average Bonchev–Trinajstić information content (AvgIpc) is 2.26. The molecule has 0 spiro atoms. The molecule has 0 saturated carbocycles. The Morgan fingerprint density at radius 1 is 1.33 bits per heavy atom. The summed E-state index contributed by atoms with van der Waals surface area (Å²) in [5.74, 6) is -1.70. The van der Waals surface area contributed by atoms with E-state index < -0.39 is 24.8 Å². The summed E-state index contributed by atoms with van der Waals surface area (Å²) in [6, 6.07) is 0. The van der Waals surface area contributed by atoms with Crippen LogP contribution in [0.3, 0.4) is 0 Å². The Morgan fingerprint density at radius 3 is 2.47 bits per heavy atom. The van der Waals surface area contributed by atoms with Gasteiger partial charge >= 0.3 is 11.8 Å². The molecule has 1 heterocycles. The van der Waals surface area contributed by atoms with Gasteiger partial charge in [-0.25, -0.2) is 8.78 Å². The molecular weight excluding hydrogens is 208 g/mol. The Kier molecular flexibility index (Phi) is 4.41. The van der Waals surface area contributed by atoms with Gasteiger partial charge in [-0.1, -0.05) is 0 Å². The van der Waals surface area contributed by atoms with Gasteiger partial charge in [0.1, 0.15) is 0 Å². The Morgan fingerprint density at radius 2 is 1.93 bits per heavy atom. The van der Waals surface area contributed by atoms with Crippen molar-refractivity contribution in [3.63, 3.8) is 0 Å². The Bertz CT molecular complexity index is 242. The number of nitrogens with one attached hydrogen (secondary N) is 2. The molecule has 0 aromatic rings. The topological polar surface area (TPSA) is 61.4 Å². The highest BCUT2D eigenvalue weighted by molar-refractivity contribution is 6.35. The highest BCUT2D eigenvalue weighted by Crippen LogP contribution is 1.94. The minimum Gasteiger partial charge on any atom is -0.342 e. The molecule has 0 unspecified atom stereocenters. The molecule has 0 radical (unpaired) electrons. The number of hydrogen-bond donors (Lipinski definition) is 2. The van der Waals surface area contributed by atoms with Crippen LogP contribution in [0.15, 0.2) is 0 Å². The average molecular weight is 221 g/mol. The molecule has 0 bridgehead atoms. The number of halogens is 2. The first-order valence-corrected chi connectivity index (χ1v) is 4.67.